The van der Waals surface area contributed by atoms with E-state index < -0.39 is 0 Å². The van der Waals surface area contributed by atoms with E-state index in [1.165, 1.54) is 37.7 Å². The van der Waals surface area contributed by atoms with Crippen molar-refractivity contribution in [3.05, 3.63) is 35.4 Å². The third-order valence-electron chi connectivity index (χ3n) is 4.27. The highest BCUT2D eigenvalue weighted by Gasteiger charge is 2.27. The molecule has 1 aliphatic rings. The molecule has 0 radical (unpaired) electrons. The fraction of sp³-hybridized carbons (Fsp3) is 0.625. The Morgan fingerprint density at radius 1 is 1.24 bits per heavy atom. The molecule has 94 valence electrons. The van der Waals surface area contributed by atoms with Crippen LogP contribution in [0.15, 0.2) is 24.3 Å². The summed E-state index contributed by atoms with van der Waals surface area (Å²) in [5.74, 6) is 1.30. The minimum Gasteiger partial charge on any atom is -0.388 e. The van der Waals surface area contributed by atoms with E-state index in [0.717, 1.165) is 11.5 Å². The minimum atomic E-state index is -0.259. The lowest BCUT2D eigenvalue weighted by Crippen LogP contribution is -2.21. The molecule has 1 aromatic rings. The monoisotopic (exact) mass is 232 g/mol. The molecule has 1 heteroatoms. The molecule has 1 nitrogen and oxygen atoms in total. The number of aryl methyl sites for hydroxylation is 1. The maximum absolute atomic E-state index is 10.4. The SMILES string of the molecule is CCC1CCCC(C(O)c2ccc(C)cc2)C1. The normalized spacial score (nSPS) is 26.8. The third-order valence-corrected chi connectivity index (χ3v) is 4.27. The number of hydrogen-bond donors (Lipinski definition) is 1. The first kappa shape index (κ1) is 12.6. The van der Waals surface area contributed by atoms with Crippen LogP contribution in [-0.4, -0.2) is 5.11 Å². The van der Waals surface area contributed by atoms with E-state index in [2.05, 4.69) is 38.1 Å². The van der Waals surface area contributed by atoms with Crippen LogP contribution < -0.4 is 0 Å². The first-order valence-electron chi connectivity index (χ1n) is 6.95. The Hall–Kier alpha value is -0.820. The zero-order valence-corrected chi connectivity index (χ0v) is 11.0. The Balaban J connectivity index is 2.03. The van der Waals surface area contributed by atoms with Crippen molar-refractivity contribution in [2.45, 2.75) is 52.1 Å². The standard InChI is InChI=1S/C16H24O/c1-3-13-5-4-6-15(11-13)16(17)14-9-7-12(2)8-10-14/h7-10,13,15-17H,3-6,11H2,1-2H3. The van der Waals surface area contributed by atoms with E-state index in [0.29, 0.717) is 5.92 Å². The number of rotatable bonds is 3. The maximum Gasteiger partial charge on any atom is 0.0818 e. The summed E-state index contributed by atoms with van der Waals surface area (Å²) < 4.78 is 0. The van der Waals surface area contributed by atoms with Gasteiger partial charge in [-0.2, -0.15) is 0 Å². The van der Waals surface area contributed by atoms with Gasteiger partial charge in [-0.05, 0) is 37.2 Å². The lowest BCUT2D eigenvalue weighted by molar-refractivity contribution is 0.0678. The Morgan fingerprint density at radius 2 is 1.94 bits per heavy atom. The van der Waals surface area contributed by atoms with Crippen molar-refractivity contribution in [2.24, 2.45) is 11.8 Å². The van der Waals surface area contributed by atoms with E-state index in [-0.39, 0.29) is 6.10 Å². The second-order valence-corrected chi connectivity index (χ2v) is 5.56. The van der Waals surface area contributed by atoms with Crippen molar-refractivity contribution in [3.63, 3.8) is 0 Å². The van der Waals surface area contributed by atoms with Crippen LogP contribution in [0.25, 0.3) is 0 Å². The summed E-state index contributed by atoms with van der Waals surface area (Å²) in [7, 11) is 0. The van der Waals surface area contributed by atoms with E-state index in [1.54, 1.807) is 0 Å². The molecule has 1 N–H and O–H groups in total. The quantitative estimate of drug-likeness (QED) is 0.826. The fourth-order valence-corrected chi connectivity index (χ4v) is 3.03. The second-order valence-electron chi connectivity index (χ2n) is 5.56. The Morgan fingerprint density at radius 3 is 2.59 bits per heavy atom. The molecule has 2 rings (SSSR count). The molecule has 0 saturated heterocycles. The van der Waals surface area contributed by atoms with E-state index >= 15 is 0 Å². The first-order valence-corrected chi connectivity index (χ1v) is 6.95. The van der Waals surface area contributed by atoms with Gasteiger partial charge in [0, 0.05) is 0 Å². The van der Waals surface area contributed by atoms with E-state index in [9.17, 15) is 5.11 Å². The van der Waals surface area contributed by atoms with Crippen LogP contribution in [0.1, 0.15) is 56.3 Å². The highest BCUT2D eigenvalue weighted by Crippen LogP contribution is 2.38. The fourth-order valence-electron chi connectivity index (χ4n) is 3.03. The molecule has 1 aromatic carbocycles. The van der Waals surface area contributed by atoms with Crippen LogP contribution >= 0.6 is 0 Å². The summed E-state index contributed by atoms with van der Waals surface area (Å²) >= 11 is 0. The Bertz CT molecular complexity index is 341. The minimum absolute atomic E-state index is 0.259. The van der Waals surface area contributed by atoms with Crippen LogP contribution in [-0.2, 0) is 0 Å². The van der Waals surface area contributed by atoms with Gasteiger partial charge in [-0.15, -0.1) is 0 Å². The molecule has 0 aliphatic heterocycles. The van der Waals surface area contributed by atoms with Crippen molar-refractivity contribution in [3.8, 4) is 0 Å². The van der Waals surface area contributed by atoms with Gasteiger partial charge in [-0.25, -0.2) is 0 Å². The smallest absolute Gasteiger partial charge is 0.0818 e. The molecule has 0 heterocycles. The van der Waals surface area contributed by atoms with Gasteiger partial charge in [0.15, 0.2) is 0 Å². The van der Waals surface area contributed by atoms with Crippen molar-refractivity contribution in [1.82, 2.24) is 0 Å². The summed E-state index contributed by atoms with van der Waals surface area (Å²) in [6.07, 6.45) is 6.03. The summed E-state index contributed by atoms with van der Waals surface area (Å²) in [5.41, 5.74) is 2.35. The van der Waals surface area contributed by atoms with Gasteiger partial charge in [0.2, 0.25) is 0 Å². The molecule has 3 atom stereocenters. The highest BCUT2D eigenvalue weighted by molar-refractivity contribution is 5.23. The van der Waals surface area contributed by atoms with Crippen LogP contribution in [0, 0.1) is 18.8 Å². The topological polar surface area (TPSA) is 20.2 Å². The van der Waals surface area contributed by atoms with Crippen molar-refractivity contribution >= 4 is 0 Å². The lowest BCUT2D eigenvalue weighted by atomic mass is 9.76. The largest absolute Gasteiger partial charge is 0.388 e. The van der Waals surface area contributed by atoms with Crippen LogP contribution in [0.4, 0.5) is 0 Å². The molecule has 0 bridgehead atoms. The van der Waals surface area contributed by atoms with Crippen molar-refractivity contribution in [2.75, 3.05) is 0 Å². The maximum atomic E-state index is 10.4. The van der Waals surface area contributed by atoms with Gasteiger partial charge in [0.05, 0.1) is 6.10 Å². The predicted octanol–water partition coefficient (Wildman–Crippen LogP) is 4.24. The molecular weight excluding hydrogens is 208 g/mol. The van der Waals surface area contributed by atoms with Gasteiger partial charge in [-0.3, -0.25) is 0 Å². The zero-order valence-electron chi connectivity index (χ0n) is 11.0. The molecule has 1 fully saturated rings. The number of aliphatic hydroxyl groups is 1. The average molecular weight is 232 g/mol. The number of hydrogen-bond acceptors (Lipinski definition) is 1. The Kier molecular flexibility index (Phi) is 4.22. The summed E-state index contributed by atoms with van der Waals surface area (Å²) in [5, 5.41) is 10.4. The van der Waals surface area contributed by atoms with E-state index in [4.69, 9.17) is 0 Å². The summed E-state index contributed by atoms with van der Waals surface area (Å²) in [6, 6.07) is 8.35. The lowest BCUT2D eigenvalue weighted by Gasteiger charge is -2.32. The van der Waals surface area contributed by atoms with Crippen LogP contribution in [0.2, 0.25) is 0 Å². The molecule has 3 unspecified atom stereocenters. The Labute approximate surface area is 105 Å². The molecule has 0 amide bonds. The van der Waals surface area contributed by atoms with Crippen molar-refractivity contribution < 1.29 is 5.11 Å². The van der Waals surface area contributed by atoms with Crippen molar-refractivity contribution in [1.29, 1.82) is 0 Å². The summed E-state index contributed by atoms with van der Waals surface area (Å²) in [4.78, 5) is 0. The third kappa shape index (κ3) is 3.10. The van der Waals surface area contributed by atoms with Crippen LogP contribution in [0.3, 0.4) is 0 Å². The average Bonchev–Trinajstić information content (AvgIpc) is 2.39. The van der Waals surface area contributed by atoms with Gasteiger partial charge in [-0.1, -0.05) is 56.0 Å². The highest BCUT2D eigenvalue weighted by atomic mass is 16.3. The molecule has 1 saturated carbocycles. The number of aliphatic hydroxyl groups excluding tert-OH is 1. The van der Waals surface area contributed by atoms with Gasteiger partial charge >= 0.3 is 0 Å². The second kappa shape index (κ2) is 5.68. The molecular formula is C16H24O. The molecule has 0 spiro atoms. The predicted molar refractivity (Wildman–Crippen MR) is 71.9 cm³/mol. The summed E-state index contributed by atoms with van der Waals surface area (Å²) in [6.45, 7) is 4.36. The van der Waals surface area contributed by atoms with Crippen LogP contribution in [0.5, 0.6) is 0 Å². The zero-order chi connectivity index (χ0) is 12.3. The van der Waals surface area contributed by atoms with Gasteiger partial charge in [0.1, 0.15) is 0 Å². The number of benzene rings is 1. The molecule has 0 aromatic heterocycles. The van der Waals surface area contributed by atoms with E-state index in [1.807, 2.05) is 0 Å². The molecule has 17 heavy (non-hydrogen) atoms. The first-order chi connectivity index (χ1) is 8.20. The molecule has 1 aliphatic carbocycles. The van der Waals surface area contributed by atoms with Gasteiger partial charge in [0.25, 0.3) is 0 Å². The van der Waals surface area contributed by atoms with Gasteiger partial charge < -0.3 is 5.11 Å².